The van der Waals surface area contributed by atoms with Gasteiger partial charge in [0.2, 0.25) is 23.6 Å². The van der Waals surface area contributed by atoms with Crippen molar-refractivity contribution in [2.75, 3.05) is 6.61 Å². The Bertz CT molecular complexity index is 697. The summed E-state index contributed by atoms with van der Waals surface area (Å²) in [5, 5.41) is 33.7. The zero-order chi connectivity index (χ0) is 24.3. The Balaban J connectivity index is 5.38. The largest absolute Gasteiger partial charge is 0.481 e. The molecule has 0 fully saturated rings. The summed E-state index contributed by atoms with van der Waals surface area (Å²) in [6.45, 7) is 2.47. The van der Waals surface area contributed by atoms with Crippen molar-refractivity contribution in [1.29, 1.82) is 0 Å². The van der Waals surface area contributed by atoms with Gasteiger partial charge in [0.15, 0.2) is 0 Å². The fourth-order valence-electron chi connectivity index (χ4n) is 2.25. The number of nitrogens with two attached hydrogens (primary N) is 2. The number of carbonyl (C=O) groups excluding carboxylic acids is 4. The van der Waals surface area contributed by atoms with E-state index in [9.17, 15) is 33.9 Å². The van der Waals surface area contributed by atoms with Gasteiger partial charge in [0, 0.05) is 6.42 Å². The van der Waals surface area contributed by atoms with Crippen molar-refractivity contribution in [1.82, 2.24) is 16.0 Å². The van der Waals surface area contributed by atoms with Crippen LogP contribution < -0.4 is 27.4 Å². The zero-order valence-electron chi connectivity index (χ0n) is 17.2. The highest BCUT2D eigenvalue weighted by Crippen LogP contribution is 2.03. The Morgan fingerprint density at radius 1 is 0.839 bits per heavy atom. The summed E-state index contributed by atoms with van der Waals surface area (Å²) in [7, 11) is 0. The number of aliphatic hydroxyl groups is 1. The molecule has 14 nitrogen and oxygen atoms in total. The van der Waals surface area contributed by atoms with Crippen molar-refractivity contribution < 1.29 is 44.1 Å². The lowest BCUT2D eigenvalue weighted by atomic mass is 10.0. The quantitative estimate of drug-likeness (QED) is 0.129. The number of hydrogen-bond acceptors (Lipinski definition) is 8. The number of hydrogen-bond donors (Lipinski definition) is 8. The second kappa shape index (κ2) is 13.1. The molecule has 0 radical (unpaired) electrons. The predicted molar refractivity (Wildman–Crippen MR) is 104 cm³/mol. The number of aliphatic carboxylic acids is 2. The van der Waals surface area contributed by atoms with Crippen LogP contribution in [-0.2, 0) is 28.8 Å². The molecule has 176 valence electrons. The van der Waals surface area contributed by atoms with Crippen LogP contribution in [-0.4, -0.2) is 81.7 Å². The SMILES string of the molecule is CC(C)C(N)C(=O)NC(CO)C(=O)NC(CCC(=O)O)C(=O)NC(CC(N)=O)C(=O)O. The smallest absolute Gasteiger partial charge is 0.326 e. The van der Waals surface area contributed by atoms with E-state index in [1.54, 1.807) is 13.8 Å². The van der Waals surface area contributed by atoms with E-state index in [2.05, 4.69) is 10.6 Å². The Hall–Kier alpha value is -3.26. The van der Waals surface area contributed by atoms with Crippen LogP contribution >= 0.6 is 0 Å². The molecule has 0 aromatic rings. The summed E-state index contributed by atoms with van der Waals surface area (Å²) in [6, 6.07) is -5.72. The lowest BCUT2D eigenvalue weighted by Gasteiger charge is -2.24. The molecule has 14 heteroatoms. The molecule has 0 saturated heterocycles. The van der Waals surface area contributed by atoms with Gasteiger partial charge in [-0.15, -0.1) is 0 Å². The van der Waals surface area contributed by atoms with E-state index >= 15 is 0 Å². The van der Waals surface area contributed by atoms with Crippen molar-refractivity contribution >= 4 is 35.6 Å². The number of rotatable bonds is 14. The molecule has 0 rings (SSSR count). The van der Waals surface area contributed by atoms with E-state index in [1.165, 1.54) is 0 Å². The molecule has 0 aliphatic heterocycles. The summed E-state index contributed by atoms with van der Waals surface area (Å²) < 4.78 is 0. The maximum absolute atomic E-state index is 12.4. The van der Waals surface area contributed by atoms with E-state index in [4.69, 9.17) is 21.7 Å². The molecule has 0 saturated carbocycles. The number of aliphatic hydroxyl groups excluding tert-OH is 1. The van der Waals surface area contributed by atoms with Crippen LogP contribution in [0.5, 0.6) is 0 Å². The van der Waals surface area contributed by atoms with Crippen LogP contribution in [0.2, 0.25) is 0 Å². The topological polar surface area (TPSA) is 251 Å². The third kappa shape index (κ3) is 10.4. The molecular weight excluding hydrogens is 418 g/mol. The third-order valence-electron chi connectivity index (χ3n) is 4.14. The molecule has 0 aliphatic carbocycles. The number of primary amides is 1. The molecule has 4 unspecified atom stereocenters. The summed E-state index contributed by atoms with van der Waals surface area (Å²) in [5.41, 5.74) is 10.6. The first kappa shape index (κ1) is 27.7. The fourth-order valence-corrected chi connectivity index (χ4v) is 2.25. The van der Waals surface area contributed by atoms with Gasteiger partial charge in [-0.2, -0.15) is 0 Å². The summed E-state index contributed by atoms with van der Waals surface area (Å²) in [5.74, 6) is -7.00. The van der Waals surface area contributed by atoms with E-state index in [0.717, 1.165) is 0 Å². The number of carbonyl (C=O) groups is 6. The van der Waals surface area contributed by atoms with E-state index in [0.29, 0.717) is 0 Å². The maximum Gasteiger partial charge on any atom is 0.326 e. The van der Waals surface area contributed by atoms with Gasteiger partial charge in [0.25, 0.3) is 0 Å². The monoisotopic (exact) mass is 447 g/mol. The van der Waals surface area contributed by atoms with Gasteiger partial charge in [0.1, 0.15) is 18.1 Å². The molecular formula is C17H29N5O9. The molecule has 0 aliphatic rings. The van der Waals surface area contributed by atoms with Gasteiger partial charge in [-0.05, 0) is 12.3 Å². The minimum absolute atomic E-state index is 0.269. The highest BCUT2D eigenvalue weighted by Gasteiger charge is 2.31. The number of amides is 4. The van der Waals surface area contributed by atoms with E-state index < -0.39 is 85.6 Å². The Morgan fingerprint density at radius 2 is 1.32 bits per heavy atom. The van der Waals surface area contributed by atoms with Gasteiger partial charge in [0.05, 0.1) is 19.1 Å². The van der Waals surface area contributed by atoms with Crippen LogP contribution in [0, 0.1) is 5.92 Å². The standard InChI is InChI=1S/C17H29N5O9/c1-7(2)13(19)16(29)22-10(6-23)15(28)20-8(3-4-12(25)26)14(27)21-9(17(30)31)5-11(18)24/h7-10,13,23H,3-6,19H2,1-2H3,(H2,18,24)(H,20,28)(H,21,27)(H,22,29)(H,25,26)(H,30,31). The molecule has 4 atom stereocenters. The fraction of sp³-hybridized carbons (Fsp3) is 0.647. The molecule has 0 heterocycles. The van der Waals surface area contributed by atoms with Crippen LogP contribution in [0.15, 0.2) is 0 Å². The van der Waals surface area contributed by atoms with Crippen molar-refractivity contribution in [3.05, 3.63) is 0 Å². The number of carboxylic acids is 2. The highest BCUT2D eigenvalue weighted by molar-refractivity contribution is 5.95. The maximum atomic E-state index is 12.4. The van der Waals surface area contributed by atoms with Gasteiger partial charge in [-0.3, -0.25) is 24.0 Å². The second-order valence-electron chi connectivity index (χ2n) is 7.08. The molecule has 10 N–H and O–H groups in total. The molecule has 0 aromatic heterocycles. The van der Waals surface area contributed by atoms with Crippen molar-refractivity contribution in [3.63, 3.8) is 0 Å². The highest BCUT2D eigenvalue weighted by atomic mass is 16.4. The molecule has 0 aromatic carbocycles. The average Bonchev–Trinajstić information content (AvgIpc) is 2.66. The first-order chi connectivity index (χ1) is 14.3. The summed E-state index contributed by atoms with van der Waals surface area (Å²) >= 11 is 0. The van der Waals surface area contributed by atoms with Gasteiger partial charge in [-0.1, -0.05) is 13.8 Å². The lowest BCUT2D eigenvalue weighted by Crippen LogP contribution is -2.58. The van der Waals surface area contributed by atoms with E-state index in [1.807, 2.05) is 5.32 Å². The number of carboxylic acid groups (broad SMARTS) is 2. The minimum atomic E-state index is -1.70. The molecule has 31 heavy (non-hydrogen) atoms. The Morgan fingerprint density at radius 3 is 1.74 bits per heavy atom. The van der Waals surface area contributed by atoms with Crippen molar-refractivity contribution in [3.8, 4) is 0 Å². The van der Waals surface area contributed by atoms with Gasteiger partial charge < -0.3 is 42.7 Å². The van der Waals surface area contributed by atoms with Crippen LogP contribution in [0.1, 0.15) is 33.1 Å². The first-order valence-corrected chi connectivity index (χ1v) is 9.30. The van der Waals surface area contributed by atoms with Crippen molar-refractivity contribution in [2.24, 2.45) is 17.4 Å². The predicted octanol–water partition coefficient (Wildman–Crippen LogP) is -3.76. The van der Waals surface area contributed by atoms with Gasteiger partial charge >= 0.3 is 11.9 Å². The molecule has 0 bridgehead atoms. The van der Waals surface area contributed by atoms with Crippen LogP contribution in [0.3, 0.4) is 0 Å². The average molecular weight is 447 g/mol. The number of nitrogens with one attached hydrogen (secondary N) is 3. The van der Waals surface area contributed by atoms with Crippen molar-refractivity contribution in [2.45, 2.75) is 57.3 Å². The summed E-state index contributed by atoms with van der Waals surface area (Å²) in [6.07, 6.45) is -1.74. The minimum Gasteiger partial charge on any atom is -0.481 e. The molecule has 0 spiro atoms. The second-order valence-corrected chi connectivity index (χ2v) is 7.08. The lowest BCUT2D eigenvalue weighted by molar-refractivity contribution is -0.144. The van der Waals surface area contributed by atoms with Gasteiger partial charge in [-0.25, -0.2) is 4.79 Å². The summed E-state index contributed by atoms with van der Waals surface area (Å²) in [4.78, 5) is 69.9. The van der Waals surface area contributed by atoms with E-state index in [-0.39, 0.29) is 5.92 Å². The Kier molecular flexibility index (Phi) is 11.7. The molecule has 4 amide bonds. The third-order valence-corrected chi connectivity index (χ3v) is 4.14. The normalized spacial score (nSPS) is 14.6. The first-order valence-electron chi connectivity index (χ1n) is 9.30. The zero-order valence-corrected chi connectivity index (χ0v) is 17.2. The van der Waals surface area contributed by atoms with Crippen LogP contribution in [0.4, 0.5) is 0 Å². The van der Waals surface area contributed by atoms with Crippen LogP contribution in [0.25, 0.3) is 0 Å². The Labute approximate surface area is 177 Å².